The Labute approximate surface area is 219 Å². The molecule has 3 atom stereocenters. The summed E-state index contributed by atoms with van der Waals surface area (Å²) in [6, 6.07) is 13.9. The molecule has 4 aliphatic rings. The number of aliphatic hydroxyl groups excluding tert-OH is 1. The van der Waals surface area contributed by atoms with Gasteiger partial charge in [-0.15, -0.1) is 0 Å². The predicted octanol–water partition coefficient (Wildman–Crippen LogP) is 2.42. The number of hydrogen-bond donors (Lipinski definition) is 2. The van der Waals surface area contributed by atoms with E-state index in [9.17, 15) is 14.7 Å². The summed E-state index contributed by atoms with van der Waals surface area (Å²) in [5.41, 5.74) is 10.0. The summed E-state index contributed by atoms with van der Waals surface area (Å²) in [5.74, 6) is -0.0720. The van der Waals surface area contributed by atoms with E-state index in [1.165, 1.54) is 0 Å². The molecule has 198 valence electrons. The van der Waals surface area contributed by atoms with Gasteiger partial charge in [0.15, 0.2) is 0 Å². The first kappa shape index (κ1) is 25.7. The van der Waals surface area contributed by atoms with Crippen molar-refractivity contribution in [3.63, 3.8) is 0 Å². The zero-order valence-electron chi connectivity index (χ0n) is 21.8. The van der Waals surface area contributed by atoms with Crippen LogP contribution < -0.4 is 10.6 Å². The second-order valence-electron chi connectivity index (χ2n) is 10.7. The lowest BCUT2D eigenvalue weighted by molar-refractivity contribution is -0.0727. The molecule has 3 unspecified atom stereocenters. The number of likely N-dealkylation sites (N-methyl/N-ethyl adjacent to an activating group) is 1. The number of aliphatic hydroxyl groups is 1. The maximum atomic E-state index is 13.5. The Hall–Kier alpha value is -2.94. The quantitative estimate of drug-likeness (QED) is 0.571. The Bertz CT molecular complexity index is 1140. The van der Waals surface area contributed by atoms with Gasteiger partial charge in [0.25, 0.3) is 11.8 Å². The van der Waals surface area contributed by atoms with E-state index >= 15 is 0 Å². The SMILES string of the molecule is COC1CC2CC(C1)N2C(=O)c1ccc2c(c1)N(C)CCN(CC(O)CCc1ccccc1CN)C2=O. The van der Waals surface area contributed by atoms with E-state index in [1.807, 2.05) is 47.2 Å². The van der Waals surface area contributed by atoms with Gasteiger partial charge in [-0.1, -0.05) is 24.3 Å². The highest BCUT2D eigenvalue weighted by Gasteiger charge is 2.48. The minimum atomic E-state index is -0.635. The third-order valence-corrected chi connectivity index (χ3v) is 8.36. The summed E-state index contributed by atoms with van der Waals surface area (Å²) in [5, 5.41) is 10.8. The standard InChI is InChI=1S/C29H38N4O4/c1-31-11-12-32(18-24(34)9-7-19-5-3-4-6-21(19)17-30)29(36)26-10-8-20(13-27(26)31)28(35)33-22-14-23(33)16-25(15-22)37-2/h3-6,8,10,13,22-25,34H,7,9,11-12,14-18,30H2,1-2H3. The normalized spacial score (nSPS) is 23.8. The van der Waals surface area contributed by atoms with E-state index in [-0.39, 0.29) is 36.5 Å². The zero-order valence-corrected chi connectivity index (χ0v) is 21.8. The second kappa shape index (κ2) is 10.8. The number of carbonyl (C=O) groups excluding carboxylic acids is 2. The number of benzene rings is 2. The first-order valence-corrected chi connectivity index (χ1v) is 13.3. The molecule has 2 amide bonds. The Morgan fingerprint density at radius 3 is 2.54 bits per heavy atom. The summed E-state index contributed by atoms with van der Waals surface area (Å²) < 4.78 is 5.52. The third kappa shape index (κ3) is 5.10. The molecule has 0 spiro atoms. The maximum absolute atomic E-state index is 13.5. The van der Waals surface area contributed by atoms with Crippen molar-refractivity contribution in [2.45, 2.75) is 62.9 Å². The van der Waals surface area contributed by atoms with Crippen molar-refractivity contribution in [3.05, 3.63) is 64.7 Å². The number of hydrogen-bond acceptors (Lipinski definition) is 6. The minimum Gasteiger partial charge on any atom is -0.391 e. The predicted molar refractivity (Wildman–Crippen MR) is 143 cm³/mol. The summed E-state index contributed by atoms with van der Waals surface area (Å²) in [7, 11) is 3.69. The summed E-state index contributed by atoms with van der Waals surface area (Å²) in [6.45, 7) is 1.88. The summed E-state index contributed by atoms with van der Waals surface area (Å²) in [4.78, 5) is 32.6. The highest BCUT2D eigenvalue weighted by atomic mass is 16.5. The molecule has 2 aromatic rings. The maximum Gasteiger partial charge on any atom is 0.256 e. The molecule has 3 heterocycles. The van der Waals surface area contributed by atoms with Gasteiger partial charge in [0.2, 0.25) is 0 Å². The average Bonchev–Trinajstić information content (AvgIpc) is 3.03. The lowest BCUT2D eigenvalue weighted by Gasteiger charge is -2.55. The first-order chi connectivity index (χ1) is 17.9. The van der Waals surface area contributed by atoms with Crippen LogP contribution in [0.3, 0.4) is 0 Å². The molecule has 37 heavy (non-hydrogen) atoms. The molecule has 2 saturated heterocycles. The van der Waals surface area contributed by atoms with Crippen molar-refractivity contribution in [2.75, 3.05) is 38.7 Å². The Morgan fingerprint density at radius 2 is 1.84 bits per heavy atom. The van der Waals surface area contributed by atoms with Crippen LogP contribution in [0.5, 0.6) is 0 Å². The van der Waals surface area contributed by atoms with E-state index in [1.54, 1.807) is 24.1 Å². The average molecular weight is 507 g/mol. The van der Waals surface area contributed by atoms with Crippen molar-refractivity contribution >= 4 is 17.5 Å². The molecule has 2 bridgehead atoms. The number of carbonyl (C=O) groups is 2. The molecule has 2 aromatic carbocycles. The van der Waals surface area contributed by atoms with Crippen molar-refractivity contribution in [3.8, 4) is 0 Å². The molecule has 8 heteroatoms. The fourth-order valence-electron chi connectivity index (χ4n) is 6.16. The number of nitrogens with two attached hydrogens (primary N) is 1. The lowest BCUT2D eigenvalue weighted by atomic mass is 9.77. The molecule has 6 rings (SSSR count). The van der Waals surface area contributed by atoms with Crippen LogP contribution in [0.4, 0.5) is 5.69 Å². The van der Waals surface area contributed by atoms with Crippen molar-refractivity contribution in [1.82, 2.24) is 9.80 Å². The number of β-amino-alcohol motifs (C(OH)–C–C–N with tert-alkyl or cyclic N) is 1. The number of amides is 2. The van der Waals surface area contributed by atoms with E-state index in [4.69, 9.17) is 10.5 Å². The van der Waals surface area contributed by atoms with Crippen LogP contribution in [0.2, 0.25) is 0 Å². The number of ether oxygens (including phenoxy) is 1. The van der Waals surface area contributed by atoms with Gasteiger partial charge in [0, 0.05) is 58.0 Å². The van der Waals surface area contributed by atoms with E-state index < -0.39 is 6.10 Å². The van der Waals surface area contributed by atoms with Gasteiger partial charge >= 0.3 is 0 Å². The van der Waals surface area contributed by atoms with Gasteiger partial charge in [-0.05, 0) is 61.4 Å². The summed E-state index contributed by atoms with van der Waals surface area (Å²) >= 11 is 0. The van der Waals surface area contributed by atoms with Crippen LogP contribution in [-0.4, -0.2) is 84.8 Å². The summed E-state index contributed by atoms with van der Waals surface area (Å²) in [6.07, 6.45) is 3.68. The van der Waals surface area contributed by atoms with E-state index in [0.717, 1.165) is 36.1 Å². The van der Waals surface area contributed by atoms with Crippen LogP contribution in [-0.2, 0) is 17.7 Å². The van der Waals surface area contributed by atoms with Crippen molar-refractivity contribution in [2.24, 2.45) is 5.73 Å². The van der Waals surface area contributed by atoms with Gasteiger partial charge in [0.1, 0.15) is 0 Å². The van der Waals surface area contributed by atoms with E-state index in [0.29, 0.717) is 43.6 Å². The number of aryl methyl sites for hydroxylation is 1. The molecule has 0 radical (unpaired) electrons. The lowest BCUT2D eigenvalue weighted by Crippen LogP contribution is -2.64. The number of fused-ring (bicyclic) bond motifs is 3. The molecule has 0 aromatic heterocycles. The highest BCUT2D eigenvalue weighted by molar-refractivity contribution is 6.03. The molecule has 3 fully saturated rings. The number of nitrogens with zero attached hydrogens (tertiary/aromatic N) is 3. The molecular weight excluding hydrogens is 468 g/mol. The largest absolute Gasteiger partial charge is 0.391 e. The monoisotopic (exact) mass is 506 g/mol. The fourth-order valence-corrected chi connectivity index (χ4v) is 6.16. The smallest absolute Gasteiger partial charge is 0.256 e. The number of anilines is 1. The Kier molecular flexibility index (Phi) is 7.51. The minimum absolute atomic E-state index is 0.0359. The molecule has 1 aliphatic carbocycles. The van der Waals surface area contributed by atoms with Gasteiger partial charge in [-0.2, -0.15) is 0 Å². The van der Waals surface area contributed by atoms with Gasteiger partial charge in [-0.25, -0.2) is 0 Å². The highest BCUT2D eigenvalue weighted by Crippen LogP contribution is 2.40. The fraction of sp³-hybridized carbons (Fsp3) is 0.517. The Balaban J connectivity index is 1.25. The van der Waals surface area contributed by atoms with Gasteiger partial charge in [0.05, 0.1) is 23.5 Å². The van der Waals surface area contributed by atoms with Crippen LogP contribution in [0.1, 0.15) is 57.5 Å². The molecule has 3 aliphatic heterocycles. The topological polar surface area (TPSA) is 99.3 Å². The molecular formula is C29H38N4O4. The molecule has 3 N–H and O–H groups in total. The second-order valence-corrected chi connectivity index (χ2v) is 10.7. The molecule has 1 saturated carbocycles. The van der Waals surface area contributed by atoms with Crippen molar-refractivity contribution < 1.29 is 19.4 Å². The first-order valence-electron chi connectivity index (χ1n) is 13.3. The van der Waals surface area contributed by atoms with Crippen LogP contribution in [0, 0.1) is 0 Å². The number of rotatable bonds is 8. The zero-order chi connectivity index (χ0) is 26.1. The molecule has 8 nitrogen and oxygen atoms in total. The van der Waals surface area contributed by atoms with Crippen LogP contribution in [0.15, 0.2) is 42.5 Å². The van der Waals surface area contributed by atoms with Gasteiger partial charge < -0.3 is 30.3 Å². The third-order valence-electron chi connectivity index (χ3n) is 8.36. The van der Waals surface area contributed by atoms with Gasteiger partial charge in [-0.3, -0.25) is 9.59 Å². The number of methoxy groups -OCH3 is 1. The Morgan fingerprint density at radius 1 is 1.11 bits per heavy atom. The van der Waals surface area contributed by atoms with Crippen LogP contribution >= 0.6 is 0 Å². The van der Waals surface area contributed by atoms with Crippen molar-refractivity contribution in [1.29, 1.82) is 0 Å². The van der Waals surface area contributed by atoms with E-state index in [2.05, 4.69) is 0 Å². The van der Waals surface area contributed by atoms with Crippen LogP contribution in [0.25, 0.3) is 0 Å². The number of piperidine rings is 1.